The van der Waals surface area contributed by atoms with E-state index in [0.717, 1.165) is 12.8 Å². The highest BCUT2D eigenvalue weighted by molar-refractivity contribution is 4.81. The summed E-state index contributed by atoms with van der Waals surface area (Å²) in [7, 11) is 0. The Labute approximate surface area is 88.9 Å². The standard InChI is InChI=1S/C12H27NO/c1-4-5-6-7-8-9-10-11(14)12(2,3)13/h11,14H,4-10,13H2,1-3H3. The molecule has 0 heterocycles. The first kappa shape index (κ1) is 13.9. The van der Waals surface area contributed by atoms with Gasteiger partial charge in [0, 0.05) is 5.54 Å². The largest absolute Gasteiger partial charge is 0.391 e. The van der Waals surface area contributed by atoms with Crippen molar-refractivity contribution in [2.45, 2.75) is 77.4 Å². The average molecular weight is 201 g/mol. The number of hydrogen-bond acceptors (Lipinski definition) is 2. The lowest BCUT2D eigenvalue weighted by Gasteiger charge is -2.25. The zero-order chi connectivity index (χ0) is 11.0. The van der Waals surface area contributed by atoms with Crippen molar-refractivity contribution in [3.05, 3.63) is 0 Å². The van der Waals surface area contributed by atoms with Gasteiger partial charge >= 0.3 is 0 Å². The van der Waals surface area contributed by atoms with E-state index >= 15 is 0 Å². The SMILES string of the molecule is CCCCCCCCC(O)C(C)(C)N. The van der Waals surface area contributed by atoms with Crippen molar-refractivity contribution in [3.63, 3.8) is 0 Å². The first-order valence-electron chi connectivity index (χ1n) is 5.95. The molecule has 2 heteroatoms. The molecule has 0 fully saturated rings. The summed E-state index contributed by atoms with van der Waals surface area (Å²) in [6.07, 6.45) is 8.08. The third-order valence-corrected chi connectivity index (χ3v) is 2.69. The maximum atomic E-state index is 9.66. The molecule has 2 nitrogen and oxygen atoms in total. The molecule has 0 rings (SSSR count). The Morgan fingerprint density at radius 2 is 1.57 bits per heavy atom. The number of aliphatic hydroxyl groups is 1. The van der Waals surface area contributed by atoms with Crippen LogP contribution in [0.4, 0.5) is 0 Å². The Hall–Kier alpha value is -0.0800. The third kappa shape index (κ3) is 7.34. The van der Waals surface area contributed by atoms with Crippen LogP contribution in [0, 0.1) is 0 Å². The highest BCUT2D eigenvalue weighted by Crippen LogP contribution is 2.14. The van der Waals surface area contributed by atoms with E-state index in [1.807, 2.05) is 13.8 Å². The molecule has 0 aromatic heterocycles. The van der Waals surface area contributed by atoms with E-state index in [9.17, 15) is 5.11 Å². The van der Waals surface area contributed by atoms with Crippen LogP contribution in [0.2, 0.25) is 0 Å². The summed E-state index contributed by atoms with van der Waals surface area (Å²) in [5.74, 6) is 0. The van der Waals surface area contributed by atoms with Crippen molar-refractivity contribution in [2.75, 3.05) is 0 Å². The number of nitrogens with two attached hydrogens (primary N) is 1. The molecule has 0 aliphatic carbocycles. The molecule has 0 aliphatic rings. The highest BCUT2D eigenvalue weighted by Gasteiger charge is 2.21. The molecule has 14 heavy (non-hydrogen) atoms. The van der Waals surface area contributed by atoms with Gasteiger partial charge in [0.2, 0.25) is 0 Å². The Morgan fingerprint density at radius 3 is 2.07 bits per heavy atom. The van der Waals surface area contributed by atoms with Crippen molar-refractivity contribution in [1.29, 1.82) is 0 Å². The lowest BCUT2D eigenvalue weighted by atomic mass is 9.94. The van der Waals surface area contributed by atoms with E-state index in [-0.39, 0.29) is 6.10 Å². The first-order valence-corrected chi connectivity index (χ1v) is 5.95. The Kier molecular flexibility index (Phi) is 7.20. The van der Waals surface area contributed by atoms with Crippen LogP contribution < -0.4 is 5.73 Å². The molecule has 0 saturated heterocycles. The van der Waals surface area contributed by atoms with Crippen molar-refractivity contribution in [2.24, 2.45) is 5.73 Å². The molecule has 3 N–H and O–H groups in total. The number of aliphatic hydroxyl groups excluding tert-OH is 1. The minimum atomic E-state index is -0.441. The zero-order valence-corrected chi connectivity index (χ0v) is 10.1. The molecule has 0 saturated carbocycles. The van der Waals surface area contributed by atoms with Crippen LogP contribution in [0.25, 0.3) is 0 Å². The number of unbranched alkanes of at least 4 members (excludes halogenated alkanes) is 5. The van der Waals surface area contributed by atoms with Gasteiger partial charge in [0.15, 0.2) is 0 Å². The lowest BCUT2D eigenvalue weighted by Crippen LogP contribution is -2.44. The normalized spacial score (nSPS) is 14.4. The van der Waals surface area contributed by atoms with E-state index in [2.05, 4.69) is 6.92 Å². The molecule has 0 spiro atoms. The third-order valence-electron chi connectivity index (χ3n) is 2.69. The van der Waals surface area contributed by atoms with Crippen molar-refractivity contribution in [1.82, 2.24) is 0 Å². The second-order valence-corrected chi connectivity index (χ2v) is 4.89. The second-order valence-electron chi connectivity index (χ2n) is 4.89. The predicted molar refractivity (Wildman–Crippen MR) is 62.3 cm³/mol. The summed E-state index contributed by atoms with van der Waals surface area (Å²) in [4.78, 5) is 0. The van der Waals surface area contributed by atoms with E-state index in [1.54, 1.807) is 0 Å². The molecule has 0 bridgehead atoms. The Morgan fingerprint density at radius 1 is 1.07 bits per heavy atom. The van der Waals surface area contributed by atoms with Crippen LogP contribution in [0.15, 0.2) is 0 Å². The van der Waals surface area contributed by atoms with Gasteiger partial charge in [-0.15, -0.1) is 0 Å². The van der Waals surface area contributed by atoms with Gasteiger partial charge in [0.1, 0.15) is 0 Å². The maximum Gasteiger partial charge on any atom is 0.0714 e. The van der Waals surface area contributed by atoms with Gasteiger partial charge in [0.05, 0.1) is 6.10 Å². The molecule has 1 unspecified atom stereocenters. The molecule has 0 aromatic rings. The molecule has 0 aliphatic heterocycles. The van der Waals surface area contributed by atoms with Crippen molar-refractivity contribution in [3.8, 4) is 0 Å². The number of hydrogen-bond donors (Lipinski definition) is 2. The van der Waals surface area contributed by atoms with Crippen LogP contribution in [-0.4, -0.2) is 16.7 Å². The van der Waals surface area contributed by atoms with E-state index in [4.69, 9.17) is 5.73 Å². The first-order chi connectivity index (χ1) is 6.48. The topological polar surface area (TPSA) is 46.2 Å². The van der Waals surface area contributed by atoms with Crippen LogP contribution >= 0.6 is 0 Å². The molecule has 0 radical (unpaired) electrons. The van der Waals surface area contributed by atoms with Gasteiger partial charge < -0.3 is 10.8 Å². The predicted octanol–water partition coefficient (Wildman–Crippen LogP) is 2.84. The van der Waals surface area contributed by atoms with Crippen LogP contribution in [-0.2, 0) is 0 Å². The maximum absolute atomic E-state index is 9.66. The summed E-state index contributed by atoms with van der Waals surface area (Å²) in [5.41, 5.74) is 5.35. The van der Waals surface area contributed by atoms with E-state index in [0.29, 0.717) is 0 Å². The van der Waals surface area contributed by atoms with Crippen LogP contribution in [0.1, 0.15) is 65.7 Å². The smallest absolute Gasteiger partial charge is 0.0714 e. The van der Waals surface area contributed by atoms with Crippen molar-refractivity contribution < 1.29 is 5.11 Å². The summed E-state index contributed by atoms with van der Waals surface area (Å²) in [6.45, 7) is 5.99. The molecular formula is C12H27NO. The highest BCUT2D eigenvalue weighted by atomic mass is 16.3. The fourth-order valence-electron chi connectivity index (χ4n) is 1.49. The summed E-state index contributed by atoms with van der Waals surface area (Å²) in [6, 6.07) is 0. The molecule has 86 valence electrons. The second kappa shape index (κ2) is 7.24. The van der Waals surface area contributed by atoms with Gasteiger partial charge in [-0.3, -0.25) is 0 Å². The fraction of sp³-hybridized carbons (Fsp3) is 1.00. The minimum Gasteiger partial charge on any atom is -0.391 e. The van der Waals surface area contributed by atoms with Crippen molar-refractivity contribution >= 4 is 0 Å². The lowest BCUT2D eigenvalue weighted by molar-refractivity contribution is 0.0925. The fourth-order valence-corrected chi connectivity index (χ4v) is 1.49. The summed E-state index contributed by atoms with van der Waals surface area (Å²) >= 11 is 0. The van der Waals surface area contributed by atoms with E-state index in [1.165, 1.54) is 32.1 Å². The van der Waals surface area contributed by atoms with Crippen LogP contribution in [0.3, 0.4) is 0 Å². The van der Waals surface area contributed by atoms with Gasteiger partial charge in [0.25, 0.3) is 0 Å². The van der Waals surface area contributed by atoms with Gasteiger partial charge in [-0.1, -0.05) is 45.4 Å². The molecule has 0 amide bonds. The minimum absolute atomic E-state index is 0.353. The average Bonchev–Trinajstić information content (AvgIpc) is 2.09. The van der Waals surface area contributed by atoms with E-state index < -0.39 is 5.54 Å². The van der Waals surface area contributed by atoms with Gasteiger partial charge in [-0.25, -0.2) is 0 Å². The van der Waals surface area contributed by atoms with Gasteiger partial charge in [-0.2, -0.15) is 0 Å². The molecular weight excluding hydrogens is 174 g/mol. The summed E-state index contributed by atoms with van der Waals surface area (Å²) < 4.78 is 0. The van der Waals surface area contributed by atoms with Gasteiger partial charge in [-0.05, 0) is 20.3 Å². The van der Waals surface area contributed by atoms with Crippen LogP contribution in [0.5, 0.6) is 0 Å². The Bertz CT molecular complexity index is 129. The molecule has 1 atom stereocenters. The Balaban J connectivity index is 3.28. The summed E-state index contributed by atoms with van der Waals surface area (Å²) in [5, 5.41) is 9.66. The monoisotopic (exact) mass is 201 g/mol. The molecule has 0 aromatic carbocycles. The quantitative estimate of drug-likeness (QED) is 0.593. The zero-order valence-electron chi connectivity index (χ0n) is 10.1. The number of rotatable bonds is 8.